The van der Waals surface area contributed by atoms with Gasteiger partial charge in [-0.2, -0.15) is 0 Å². The van der Waals surface area contributed by atoms with Crippen molar-refractivity contribution in [2.24, 2.45) is 11.7 Å². The molecule has 0 radical (unpaired) electrons. The van der Waals surface area contributed by atoms with Crippen LogP contribution in [0.4, 0.5) is 5.95 Å². The Labute approximate surface area is 114 Å². The quantitative estimate of drug-likeness (QED) is 0.869. The molecular weight excluding hydrogens is 238 g/mol. The fourth-order valence-corrected chi connectivity index (χ4v) is 3.48. The molecule has 2 atom stereocenters. The fraction of sp³-hybridized carbons (Fsp3) is 0.714. The van der Waals surface area contributed by atoms with E-state index in [-0.39, 0.29) is 0 Å². The van der Waals surface area contributed by atoms with Gasteiger partial charge in [-0.25, -0.2) is 9.97 Å². The number of anilines is 1. The molecule has 0 amide bonds. The van der Waals surface area contributed by atoms with Crippen molar-refractivity contribution in [1.82, 2.24) is 14.9 Å². The molecule has 5 nitrogen and oxygen atoms in total. The Morgan fingerprint density at radius 3 is 2.53 bits per heavy atom. The summed E-state index contributed by atoms with van der Waals surface area (Å²) in [4.78, 5) is 13.6. The van der Waals surface area contributed by atoms with Gasteiger partial charge in [-0.3, -0.25) is 4.90 Å². The molecule has 2 fully saturated rings. The van der Waals surface area contributed by atoms with Gasteiger partial charge in [0, 0.05) is 44.6 Å². The second-order valence-electron chi connectivity index (χ2n) is 5.57. The highest BCUT2D eigenvalue weighted by Crippen LogP contribution is 2.30. The lowest BCUT2D eigenvalue weighted by Crippen LogP contribution is -2.52. The van der Waals surface area contributed by atoms with Crippen LogP contribution in [-0.4, -0.2) is 53.6 Å². The Bertz CT molecular complexity index is 388. The third-order valence-electron chi connectivity index (χ3n) is 4.54. The molecule has 2 aliphatic rings. The van der Waals surface area contributed by atoms with Crippen LogP contribution in [-0.2, 0) is 0 Å². The molecule has 1 saturated heterocycles. The van der Waals surface area contributed by atoms with E-state index in [1.54, 1.807) is 0 Å². The summed E-state index contributed by atoms with van der Waals surface area (Å²) in [6, 6.07) is 2.58. The molecule has 104 valence electrons. The lowest BCUT2D eigenvalue weighted by Gasteiger charge is -2.39. The summed E-state index contributed by atoms with van der Waals surface area (Å²) in [7, 11) is 0. The van der Waals surface area contributed by atoms with Crippen molar-refractivity contribution in [2.45, 2.75) is 25.3 Å². The molecule has 1 saturated carbocycles. The molecule has 1 aliphatic carbocycles. The van der Waals surface area contributed by atoms with E-state index in [1.165, 1.54) is 19.3 Å². The Morgan fingerprint density at radius 1 is 1.11 bits per heavy atom. The molecule has 2 heterocycles. The molecule has 19 heavy (non-hydrogen) atoms. The van der Waals surface area contributed by atoms with Gasteiger partial charge in [-0.05, 0) is 31.4 Å². The van der Waals surface area contributed by atoms with E-state index in [1.807, 2.05) is 18.5 Å². The minimum Gasteiger partial charge on any atom is -0.338 e. The first-order valence-electron chi connectivity index (χ1n) is 7.34. The zero-order valence-electron chi connectivity index (χ0n) is 11.4. The van der Waals surface area contributed by atoms with Gasteiger partial charge in [0.15, 0.2) is 0 Å². The Morgan fingerprint density at radius 2 is 1.84 bits per heavy atom. The number of hydrogen-bond donors (Lipinski definition) is 1. The topological polar surface area (TPSA) is 58.3 Å². The van der Waals surface area contributed by atoms with Gasteiger partial charge in [0.25, 0.3) is 0 Å². The Hall–Kier alpha value is -1.20. The van der Waals surface area contributed by atoms with Crippen LogP contribution >= 0.6 is 0 Å². The third-order valence-corrected chi connectivity index (χ3v) is 4.54. The van der Waals surface area contributed by atoms with E-state index < -0.39 is 0 Å². The van der Waals surface area contributed by atoms with Crippen molar-refractivity contribution >= 4 is 5.95 Å². The summed E-state index contributed by atoms with van der Waals surface area (Å²) < 4.78 is 0. The summed E-state index contributed by atoms with van der Waals surface area (Å²) in [6.07, 6.45) is 7.60. The van der Waals surface area contributed by atoms with Crippen LogP contribution < -0.4 is 10.6 Å². The first kappa shape index (κ1) is 12.8. The van der Waals surface area contributed by atoms with Crippen LogP contribution in [0, 0.1) is 5.92 Å². The van der Waals surface area contributed by atoms with E-state index in [9.17, 15) is 0 Å². The number of piperazine rings is 1. The van der Waals surface area contributed by atoms with Gasteiger partial charge in [-0.1, -0.05) is 6.42 Å². The van der Waals surface area contributed by atoms with Gasteiger partial charge in [0.2, 0.25) is 5.95 Å². The fourth-order valence-electron chi connectivity index (χ4n) is 3.48. The second-order valence-corrected chi connectivity index (χ2v) is 5.57. The lowest BCUT2D eigenvalue weighted by atomic mass is 10.0. The maximum atomic E-state index is 5.89. The van der Waals surface area contributed by atoms with Gasteiger partial charge in [0.1, 0.15) is 0 Å². The highest BCUT2D eigenvalue weighted by molar-refractivity contribution is 5.29. The van der Waals surface area contributed by atoms with Crippen LogP contribution in [0.3, 0.4) is 0 Å². The van der Waals surface area contributed by atoms with Crippen LogP contribution in [0.5, 0.6) is 0 Å². The van der Waals surface area contributed by atoms with Crippen molar-refractivity contribution in [2.75, 3.05) is 37.6 Å². The minimum absolute atomic E-state index is 0.708. The Kier molecular flexibility index (Phi) is 3.94. The zero-order valence-corrected chi connectivity index (χ0v) is 11.4. The molecule has 1 aromatic heterocycles. The molecule has 2 unspecified atom stereocenters. The Balaban J connectivity index is 1.58. The van der Waals surface area contributed by atoms with E-state index in [0.29, 0.717) is 12.0 Å². The van der Waals surface area contributed by atoms with Crippen LogP contribution in [0.25, 0.3) is 0 Å². The van der Waals surface area contributed by atoms with Crippen molar-refractivity contribution in [3.8, 4) is 0 Å². The summed E-state index contributed by atoms with van der Waals surface area (Å²) in [5.74, 6) is 1.57. The number of hydrogen-bond acceptors (Lipinski definition) is 5. The first-order chi connectivity index (χ1) is 9.38. The van der Waals surface area contributed by atoms with E-state index >= 15 is 0 Å². The predicted molar refractivity (Wildman–Crippen MR) is 76.0 cm³/mol. The van der Waals surface area contributed by atoms with Gasteiger partial charge in [0.05, 0.1) is 0 Å². The molecule has 1 aromatic rings. The first-order valence-corrected chi connectivity index (χ1v) is 7.34. The number of rotatable bonds is 3. The zero-order chi connectivity index (χ0) is 13.1. The average molecular weight is 261 g/mol. The third kappa shape index (κ3) is 2.72. The van der Waals surface area contributed by atoms with Gasteiger partial charge in [-0.15, -0.1) is 0 Å². The number of nitrogens with two attached hydrogens (primary N) is 1. The highest BCUT2D eigenvalue weighted by atomic mass is 15.3. The van der Waals surface area contributed by atoms with E-state index in [2.05, 4.69) is 19.8 Å². The van der Waals surface area contributed by atoms with Gasteiger partial charge >= 0.3 is 0 Å². The molecule has 5 heteroatoms. The smallest absolute Gasteiger partial charge is 0.225 e. The van der Waals surface area contributed by atoms with Gasteiger partial charge < -0.3 is 10.6 Å². The standard InChI is InChI=1S/C14H23N5/c15-11-12-3-1-4-13(12)18-7-9-19(10-8-18)14-16-5-2-6-17-14/h2,5-6,12-13H,1,3-4,7-11,15H2. The minimum atomic E-state index is 0.708. The largest absolute Gasteiger partial charge is 0.338 e. The molecule has 3 rings (SSSR count). The summed E-state index contributed by atoms with van der Waals surface area (Å²) in [5.41, 5.74) is 5.89. The predicted octanol–water partition coefficient (Wildman–Crippen LogP) is 0.726. The molecule has 2 N–H and O–H groups in total. The molecular formula is C14H23N5. The average Bonchev–Trinajstić information content (AvgIpc) is 2.97. The lowest BCUT2D eigenvalue weighted by molar-refractivity contribution is 0.153. The highest BCUT2D eigenvalue weighted by Gasteiger charge is 2.33. The maximum Gasteiger partial charge on any atom is 0.225 e. The van der Waals surface area contributed by atoms with Crippen LogP contribution in [0.15, 0.2) is 18.5 Å². The number of aromatic nitrogens is 2. The molecule has 0 bridgehead atoms. The monoisotopic (exact) mass is 261 g/mol. The molecule has 0 spiro atoms. The summed E-state index contributed by atoms with van der Waals surface area (Å²) in [6.45, 7) is 5.11. The molecule has 1 aliphatic heterocycles. The van der Waals surface area contributed by atoms with Crippen LogP contribution in [0.1, 0.15) is 19.3 Å². The second kappa shape index (κ2) is 5.84. The summed E-state index contributed by atoms with van der Waals surface area (Å²) in [5, 5.41) is 0. The van der Waals surface area contributed by atoms with Crippen molar-refractivity contribution in [3.05, 3.63) is 18.5 Å². The SMILES string of the molecule is NCC1CCCC1N1CCN(c2ncccn2)CC1. The van der Waals surface area contributed by atoms with Crippen molar-refractivity contribution in [3.63, 3.8) is 0 Å². The van der Waals surface area contributed by atoms with Crippen molar-refractivity contribution in [1.29, 1.82) is 0 Å². The normalized spacial score (nSPS) is 28.8. The number of nitrogens with zero attached hydrogens (tertiary/aromatic N) is 4. The van der Waals surface area contributed by atoms with E-state index in [4.69, 9.17) is 5.73 Å². The maximum absolute atomic E-state index is 5.89. The van der Waals surface area contributed by atoms with E-state index in [0.717, 1.165) is 38.7 Å². The van der Waals surface area contributed by atoms with Crippen LogP contribution in [0.2, 0.25) is 0 Å². The molecule has 0 aromatic carbocycles. The van der Waals surface area contributed by atoms with Crippen molar-refractivity contribution < 1.29 is 0 Å². The summed E-state index contributed by atoms with van der Waals surface area (Å²) >= 11 is 0.